The molecule has 3 N–H and O–H groups in total. The molecular formula is C29H33NO5. The molecule has 35 heavy (non-hydrogen) atoms. The summed E-state index contributed by atoms with van der Waals surface area (Å²) < 4.78 is 10.7. The first-order chi connectivity index (χ1) is 17.0. The van der Waals surface area contributed by atoms with Crippen LogP contribution < -0.4 is 14.8 Å². The Balaban J connectivity index is 1.50. The molecule has 1 aliphatic carbocycles. The number of methoxy groups -OCH3 is 2. The van der Waals surface area contributed by atoms with Crippen molar-refractivity contribution in [1.29, 1.82) is 0 Å². The van der Waals surface area contributed by atoms with Gasteiger partial charge in [-0.15, -0.1) is 0 Å². The van der Waals surface area contributed by atoms with Gasteiger partial charge in [-0.1, -0.05) is 60.7 Å². The van der Waals surface area contributed by atoms with Crippen LogP contribution in [0.4, 0.5) is 0 Å². The molecule has 6 heteroatoms. The molecule has 4 rings (SSSR count). The summed E-state index contributed by atoms with van der Waals surface area (Å²) in [5.74, 6) is 0.682. The van der Waals surface area contributed by atoms with Gasteiger partial charge in [-0.25, -0.2) is 0 Å². The second-order valence-corrected chi connectivity index (χ2v) is 9.11. The van der Waals surface area contributed by atoms with Crippen LogP contribution in [-0.2, 0) is 24.1 Å². The van der Waals surface area contributed by atoms with Gasteiger partial charge in [0.15, 0.2) is 0 Å². The minimum absolute atomic E-state index is 0.171. The van der Waals surface area contributed by atoms with Crippen molar-refractivity contribution in [2.24, 2.45) is 5.92 Å². The third-order valence-electron chi connectivity index (χ3n) is 6.70. The fourth-order valence-corrected chi connectivity index (χ4v) is 4.89. The summed E-state index contributed by atoms with van der Waals surface area (Å²) in [6.45, 7) is 0. The zero-order valence-corrected chi connectivity index (χ0v) is 20.2. The maximum Gasteiger partial charge on any atom is 0.224 e. The molecule has 0 saturated carbocycles. The lowest BCUT2D eigenvalue weighted by Gasteiger charge is -2.25. The van der Waals surface area contributed by atoms with Crippen molar-refractivity contribution in [3.63, 3.8) is 0 Å². The van der Waals surface area contributed by atoms with E-state index in [4.69, 9.17) is 9.47 Å². The average molecular weight is 476 g/mol. The molecule has 0 aliphatic heterocycles. The standard InChI is InChI=1S/C29H33NO5/c1-34-24-13-12-21(27(18-24)35-2)15-23(31)16-22(14-19-8-4-3-5-9-19)29(33)30-28-25-11-7-6-10-20(25)17-26(28)32/h3-13,18,22-23,26,28,31-32H,14-17H2,1-2H3,(H,30,33)/t22-,23-,26-,28+/m1/s1. The highest BCUT2D eigenvalue weighted by Gasteiger charge is 2.34. The van der Waals surface area contributed by atoms with Gasteiger partial charge in [0.1, 0.15) is 11.5 Å². The Hall–Kier alpha value is -3.35. The molecule has 1 amide bonds. The van der Waals surface area contributed by atoms with Gasteiger partial charge in [-0.05, 0) is 41.2 Å². The molecule has 3 aromatic rings. The van der Waals surface area contributed by atoms with Crippen LogP contribution in [0.25, 0.3) is 0 Å². The van der Waals surface area contributed by atoms with Crippen LogP contribution in [0.15, 0.2) is 72.8 Å². The number of fused-ring (bicyclic) bond motifs is 1. The summed E-state index contributed by atoms with van der Waals surface area (Å²) in [7, 11) is 3.18. The molecule has 0 bridgehead atoms. The van der Waals surface area contributed by atoms with E-state index in [2.05, 4.69) is 5.32 Å². The lowest BCUT2D eigenvalue weighted by molar-refractivity contribution is -0.127. The predicted molar refractivity (Wildman–Crippen MR) is 135 cm³/mol. The van der Waals surface area contributed by atoms with Crippen molar-refractivity contribution in [2.45, 2.75) is 43.9 Å². The molecule has 0 saturated heterocycles. The van der Waals surface area contributed by atoms with E-state index >= 15 is 0 Å². The van der Waals surface area contributed by atoms with Crippen molar-refractivity contribution in [3.05, 3.63) is 95.1 Å². The minimum atomic E-state index is -0.752. The van der Waals surface area contributed by atoms with Gasteiger partial charge in [0, 0.05) is 24.8 Å². The van der Waals surface area contributed by atoms with Crippen molar-refractivity contribution >= 4 is 5.91 Å². The Morgan fingerprint density at radius 1 is 1.00 bits per heavy atom. The fraction of sp³-hybridized carbons (Fsp3) is 0.345. The molecule has 4 atom stereocenters. The number of carbonyl (C=O) groups is 1. The molecule has 3 aromatic carbocycles. The van der Waals surface area contributed by atoms with Crippen molar-refractivity contribution in [2.75, 3.05) is 14.2 Å². The molecule has 0 unspecified atom stereocenters. The highest BCUT2D eigenvalue weighted by Crippen LogP contribution is 2.32. The van der Waals surface area contributed by atoms with E-state index in [-0.39, 0.29) is 12.3 Å². The topological polar surface area (TPSA) is 88.0 Å². The molecule has 0 fully saturated rings. The summed E-state index contributed by atoms with van der Waals surface area (Å²) in [5.41, 5.74) is 3.88. The summed E-state index contributed by atoms with van der Waals surface area (Å²) >= 11 is 0. The number of nitrogens with one attached hydrogen (secondary N) is 1. The molecule has 0 aromatic heterocycles. The number of rotatable bonds is 10. The van der Waals surface area contributed by atoms with Crippen LogP contribution >= 0.6 is 0 Å². The maximum atomic E-state index is 13.5. The number of carbonyl (C=O) groups excluding carboxylic acids is 1. The van der Waals surface area contributed by atoms with Crippen LogP contribution in [0.2, 0.25) is 0 Å². The molecular weight excluding hydrogens is 442 g/mol. The van der Waals surface area contributed by atoms with E-state index < -0.39 is 24.2 Å². The Bertz CT molecular complexity index is 1130. The Labute approximate surface area is 206 Å². The van der Waals surface area contributed by atoms with Crippen LogP contribution in [0.3, 0.4) is 0 Å². The normalized spacial score (nSPS) is 18.4. The van der Waals surface area contributed by atoms with Gasteiger partial charge in [-0.2, -0.15) is 0 Å². The molecule has 1 aliphatic rings. The zero-order chi connectivity index (χ0) is 24.8. The third-order valence-corrected chi connectivity index (χ3v) is 6.70. The van der Waals surface area contributed by atoms with Crippen molar-refractivity contribution in [1.82, 2.24) is 5.32 Å². The number of amides is 1. The first-order valence-corrected chi connectivity index (χ1v) is 12.0. The summed E-state index contributed by atoms with van der Waals surface area (Å²) in [6, 6.07) is 22.6. The quantitative estimate of drug-likeness (QED) is 0.417. The molecule has 0 radical (unpaired) electrons. The third kappa shape index (κ3) is 6.02. The molecule has 0 spiro atoms. The van der Waals surface area contributed by atoms with E-state index in [1.165, 1.54) is 0 Å². The Morgan fingerprint density at radius 3 is 2.49 bits per heavy atom. The number of hydrogen-bond acceptors (Lipinski definition) is 5. The average Bonchev–Trinajstić information content (AvgIpc) is 3.19. The SMILES string of the molecule is COc1ccc(C[C@@H](O)C[C@@H](Cc2ccccc2)C(=O)N[C@H]2c3ccccc3C[C@H]2O)c(OC)c1. The predicted octanol–water partition coefficient (Wildman–Crippen LogP) is 3.63. The highest BCUT2D eigenvalue weighted by atomic mass is 16.5. The number of aliphatic hydroxyl groups is 2. The van der Waals surface area contributed by atoms with Gasteiger partial charge >= 0.3 is 0 Å². The zero-order valence-electron chi connectivity index (χ0n) is 20.2. The van der Waals surface area contributed by atoms with Gasteiger partial charge in [0.05, 0.1) is 32.5 Å². The first kappa shape index (κ1) is 24.8. The van der Waals surface area contributed by atoms with Gasteiger partial charge in [0.2, 0.25) is 5.91 Å². The van der Waals surface area contributed by atoms with Crippen LogP contribution in [-0.4, -0.2) is 42.5 Å². The smallest absolute Gasteiger partial charge is 0.224 e. The van der Waals surface area contributed by atoms with E-state index in [1.54, 1.807) is 20.3 Å². The molecule has 184 valence electrons. The fourth-order valence-electron chi connectivity index (χ4n) is 4.89. The summed E-state index contributed by atoms with van der Waals surface area (Å²) in [4.78, 5) is 13.5. The lowest BCUT2D eigenvalue weighted by atomic mass is 9.90. The summed E-state index contributed by atoms with van der Waals surface area (Å²) in [6.07, 6.45) is 0.221. The molecule has 6 nitrogen and oxygen atoms in total. The van der Waals surface area contributed by atoms with Crippen molar-refractivity contribution in [3.8, 4) is 11.5 Å². The van der Waals surface area contributed by atoms with Crippen LogP contribution in [0.1, 0.15) is 34.7 Å². The second-order valence-electron chi connectivity index (χ2n) is 9.11. The Kier molecular flexibility index (Phi) is 8.06. The van der Waals surface area contributed by atoms with Gasteiger partial charge in [0.25, 0.3) is 0 Å². The first-order valence-electron chi connectivity index (χ1n) is 12.0. The van der Waals surface area contributed by atoms with E-state index in [1.807, 2.05) is 66.7 Å². The second kappa shape index (κ2) is 11.4. The van der Waals surface area contributed by atoms with Gasteiger partial charge < -0.3 is 25.0 Å². The van der Waals surface area contributed by atoms with Crippen LogP contribution in [0, 0.1) is 5.92 Å². The maximum absolute atomic E-state index is 13.5. The molecule has 0 heterocycles. The Morgan fingerprint density at radius 2 is 1.74 bits per heavy atom. The summed E-state index contributed by atoms with van der Waals surface area (Å²) in [5, 5.41) is 24.7. The van der Waals surface area contributed by atoms with Crippen LogP contribution in [0.5, 0.6) is 11.5 Å². The highest BCUT2D eigenvalue weighted by molar-refractivity contribution is 5.80. The minimum Gasteiger partial charge on any atom is -0.497 e. The number of benzene rings is 3. The van der Waals surface area contributed by atoms with E-state index in [0.29, 0.717) is 30.8 Å². The van der Waals surface area contributed by atoms with Crippen molar-refractivity contribution < 1.29 is 24.5 Å². The lowest BCUT2D eigenvalue weighted by Crippen LogP contribution is -2.39. The van der Waals surface area contributed by atoms with E-state index in [0.717, 1.165) is 22.3 Å². The number of aliphatic hydroxyl groups excluding tert-OH is 2. The monoisotopic (exact) mass is 475 g/mol. The van der Waals surface area contributed by atoms with Gasteiger partial charge in [-0.3, -0.25) is 4.79 Å². The number of ether oxygens (including phenoxy) is 2. The number of hydrogen-bond donors (Lipinski definition) is 3. The van der Waals surface area contributed by atoms with E-state index in [9.17, 15) is 15.0 Å². The largest absolute Gasteiger partial charge is 0.497 e.